The fourth-order valence-corrected chi connectivity index (χ4v) is 1.81. The van der Waals surface area contributed by atoms with Gasteiger partial charge < -0.3 is 14.7 Å². The van der Waals surface area contributed by atoms with E-state index in [1.807, 2.05) is 18.9 Å². The molecule has 0 aliphatic rings. The molecule has 0 heterocycles. The van der Waals surface area contributed by atoms with Crippen molar-refractivity contribution in [1.29, 1.82) is 0 Å². The van der Waals surface area contributed by atoms with Gasteiger partial charge in [-0.05, 0) is 20.0 Å². The Labute approximate surface area is 140 Å². The molecule has 0 atom stereocenters. The Bertz CT molecular complexity index is 401. The van der Waals surface area contributed by atoms with Gasteiger partial charge in [0, 0.05) is 27.7 Å². The van der Waals surface area contributed by atoms with Crippen LogP contribution in [-0.2, 0) is 14.4 Å². The molecule has 7 nitrogen and oxygen atoms in total. The predicted molar refractivity (Wildman–Crippen MR) is 91.0 cm³/mol. The molecule has 0 bridgehead atoms. The summed E-state index contributed by atoms with van der Waals surface area (Å²) in [4.78, 5) is 42.4. The van der Waals surface area contributed by atoms with Gasteiger partial charge in [-0.1, -0.05) is 20.3 Å². The Balaban J connectivity index is 4.33. The highest BCUT2D eigenvalue weighted by atomic mass is 16.2. The van der Waals surface area contributed by atoms with E-state index in [1.54, 1.807) is 26.0 Å². The number of rotatable bonds is 10. The van der Waals surface area contributed by atoms with Crippen molar-refractivity contribution in [2.24, 2.45) is 0 Å². The number of hydrogen-bond acceptors (Lipinski definition) is 4. The molecular formula is C16H32N4O3. The maximum Gasteiger partial charge on any atom is 0.242 e. The SMILES string of the molecule is CCCCN(C)C(=O)CN(C)C(=O)CN(C)C(=O)CN(C)CC. The van der Waals surface area contributed by atoms with Crippen LogP contribution in [0.25, 0.3) is 0 Å². The van der Waals surface area contributed by atoms with Gasteiger partial charge in [0.25, 0.3) is 0 Å². The summed E-state index contributed by atoms with van der Waals surface area (Å²) < 4.78 is 0. The average molecular weight is 328 g/mol. The van der Waals surface area contributed by atoms with Crippen LogP contribution in [-0.4, -0.2) is 98.2 Å². The molecule has 0 unspecified atom stereocenters. The lowest BCUT2D eigenvalue weighted by Crippen LogP contribution is -2.45. The molecule has 3 amide bonds. The molecule has 0 aromatic rings. The van der Waals surface area contributed by atoms with E-state index < -0.39 is 0 Å². The maximum atomic E-state index is 12.1. The summed E-state index contributed by atoms with van der Waals surface area (Å²) in [5.41, 5.74) is 0. The lowest BCUT2D eigenvalue weighted by molar-refractivity contribution is -0.142. The Kier molecular flexibility index (Phi) is 10.2. The van der Waals surface area contributed by atoms with E-state index in [4.69, 9.17) is 0 Å². The Hall–Kier alpha value is -1.63. The first kappa shape index (κ1) is 21.4. The number of nitrogens with zero attached hydrogens (tertiary/aromatic N) is 4. The highest BCUT2D eigenvalue weighted by Gasteiger charge is 2.19. The van der Waals surface area contributed by atoms with E-state index in [-0.39, 0.29) is 37.4 Å². The number of unbranched alkanes of at least 4 members (excludes halogenated alkanes) is 1. The summed E-state index contributed by atoms with van der Waals surface area (Å²) in [6.45, 7) is 5.80. The third kappa shape index (κ3) is 8.54. The molecule has 0 radical (unpaired) electrons. The van der Waals surface area contributed by atoms with Gasteiger partial charge in [-0.2, -0.15) is 0 Å². The van der Waals surface area contributed by atoms with Crippen LogP contribution in [0.1, 0.15) is 26.7 Å². The molecule has 0 aromatic heterocycles. The molecule has 134 valence electrons. The second-order valence-electron chi connectivity index (χ2n) is 6.00. The van der Waals surface area contributed by atoms with Crippen LogP contribution in [0.4, 0.5) is 0 Å². The van der Waals surface area contributed by atoms with Crippen molar-refractivity contribution in [2.75, 3.05) is 60.9 Å². The van der Waals surface area contributed by atoms with Gasteiger partial charge in [0.1, 0.15) is 0 Å². The van der Waals surface area contributed by atoms with E-state index in [0.717, 1.165) is 19.4 Å². The van der Waals surface area contributed by atoms with Crippen molar-refractivity contribution in [3.63, 3.8) is 0 Å². The molecular weight excluding hydrogens is 296 g/mol. The first-order valence-electron chi connectivity index (χ1n) is 8.13. The van der Waals surface area contributed by atoms with Crippen LogP contribution in [0.2, 0.25) is 0 Å². The minimum Gasteiger partial charge on any atom is -0.344 e. The second kappa shape index (κ2) is 11.0. The monoisotopic (exact) mass is 328 g/mol. The number of hydrogen-bond donors (Lipinski definition) is 0. The highest BCUT2D eigenvalue weighted by molar-refractivity contribution is 5.88. The lowest BCUT2D eigenvalue weighted by Gasteiger charge is -2.25. The van der Waals surface area contributed by atoms with Crippen LogP contribution in [0.15, 0.2) is 0 Å². The van der Waals surface area contributed by atoms with E-state index in [0.29, 0.717) is 6.54 Å². The Morgan fingerprint density at radius 1 is 0.696 bits per heavy atom. The van der Waals surface area contributed by atoms with Gasteiger partial charge in [0.05, 0.1) is 19.6 Å². The van der Waals surface area contributed by atoms with Crippen molar-refractivity contribution in [3.8, 4) is 0 Å². The van der Waals surface area contributed by atoms with Crippen LogP contribution < -0.4 is 0 Å². The molecule has 23 heavy (non-hydrogen) atoms. The Morgan fingerprint density at radius 2 is 1.13 bits per heavy atom. The molecule has 0 rings (SSSR count). The summed E-state index contributed by atoms with van der Waals surface area (Å²) in [5, 5.41) is 0. The van der Waals surface area contributed by atoms with Gasteiger partial charge >= 0.3 is 0 Å². The number of amides is 3. The lowest BCUT2D eigenvalue weighted by atomic mass is 10.3. The van der Waals surface area contributed by atoms with Crippen molar-refractivity contribution in [3.05, 3.63) is 0 Å². The fourth-order valence-electron chi connectivity index (χ4n) is 1.81. The van der Waals surface area contributed by atoms with E-state index >= 15 is 0 Å². The zero-order chi connectivity index (χ0) is 18.0. The van der Waals surface area contributed by atoms with Gasteiger partial charge in [-0.15, -0.1) is 0 Å². The number of likely N-dealkylation sites (N-methyl/N-ethyl adjacent to an activating group) is 4. The van der Waals surface area contributed by atoms with Crippen LogP contribution >= 0.6 is 0 Å². The number of carbonyl (C=O) groups excluding carboxylic acids is 3. The molecule has 0 spiro atoms. The first-order chi connectivity index (χ1) is 10.7. The predicted octanol–water partition coefficient (Wildman–Crippen LogP) is 0.113. The van der Waals surface area contributed by atoms with Gasteiger partial charge in [0.15, 0.2) is 0 Å². The smallest absolute Gasteiger partial charge is 0.242 e. The van der Waals surface area contributed by atoms with Crippen LogP contribution in [0.5, 0.6) is 0 Å². The molecule has 0 aromatic carbocycles. The number of carbonyl (C=O) groups is 3. The summed E-state index contributed by atoms with van der Waals surface area (Å²) >= 11 is 0. The van der Waals surface area contributed by atoms with Gasteiger partial charge in [-0.25, -0.2) is 0 Å². The quantitative estimate of drug-likeness (QED) is 0.571. The average Bonchev–Trinajstić information content (AvgIpc) is 2.51. The molecule has 0 aliphatic heterocycles. The molecule has 0 saturated carbocycles. The summed E-state index contributed by atoms with van der Waals surface area (Å²) in [6, 6.07) is 0. The van der Waals surface area contributed by atoms with Gasteiger partial charge in [0.2, 0.25) is 17.7 Å². The minimum absolute atomic E-state index is 0.0150. The zero-order valence-electron chi connectivity index (χ0n) is 15.5. The van der Waals surface area contributed by atoms with E-state index in [9.17, 15) is 14.4 Å². The normalized spacial score (nSPS) is 10.6. The molecule has 0 N–H and O–H groups in total. The maximum absolute atomic E-state index is 12.1. The van der Waals surface area contributed by atoms with E-state index in [1.165, 1.54) is 9.80 Å². The second-order valence-corrected chi connectivity index (χ2v) is 6.00. The highest BCUT2D eigenvalue weighted by Crippen LogP contribution is 1.97. The van der Waals surface area contributed by atoms with Crippen molar-refractivity contribution < 1.29 is 14.4 Å². The third-order valence-corrected chi connectivity index (χ3v) is 3.81. The largest absolute Gasteiger partial charge is 0.344 e. The van der Waals surface area contributed by atoms with Crippen molar-refractivity contribution in [2.45, 2.75) is 26.7 Å². The van der Waals surface area contributed by atoms with Crippen molar-refractivity contribution >= 4 is 17.7 Å². The van der Waals surface area contributed by atoms with Gasteiger partial charge in [-0.3, -0.25) is 19.3 Å². The molecule has 0 saturated heterocycles. The fraction of sp³-hybridized carbons (Fsp3) is 0.812. The topological polar surface area (TPSA) is 64.2 Å². The first-order valence-corrected chi connectivity index (χ1v) is 8.13. The minimum atomic E-state index is -0.239. The molecule has 7 heteroatoms. The third-order valence-electron chi connectivity index (χ3n) is 3.81. The van der Waals surface area contributed by atoms with Crippen LogP contribution in [0.3, 0.4) is 0 Å². The standard InChI is InChI=1S/C16H32N4O3/c1-7-9-10-18(4)15(22)12-20(6)16(23)13-19(5)14(21)11-17(3)8-2/h7-13H2,1-6H3. The summed E-state index contributed by atoms with van der Waals surface area (Å²) in [7, 11) is 6.79. The Morgan fingerprint density at radius 3 is 1.57 bits per heavy atom. The van der Waals surface area contributed by atoms with Crippen LogP contribution in [0, 0.1) is 0 Å². The van der Waals surface area contributed by atoms with Crippen molar-refractivity contribution in [1.82, 2.24) is 19.6 Å². The summed E-state index contributed by atoms with van der Waals surface area (Å²) in [5.74, 6) is -0.436. The molecule has 0 aliphatic carbocycles. The zero-order valence-corrected chi connectivity index (χ0v) is 15.5. The molecule has 0 fully saturated rings. The summed E-state index contributed by atoms with van der Waals surface area (Å²) in [6.07, 6.45) is 1.97. The van der Waals surface area contributed by atoms with E-state index in [2.05, 4.69) is 6.92 Å².